The maximum atomic E-state index is 12.7. The van der Waals surface area contributed by atoms with Crippen LogP contribution in [0.2, 0.25) is 0 Å². The molecule has 144 valence electrons. The van der Waals surface area contributed by atoms with Crippen LogP contribution in [0.4, 0.5) is 11.4 Å². The summed E-state index contributed by atoms with van der Waals surface area (Å²) in [6, 6.07) is 7.52. The minimum Gasteiger partial charge on any atom is -0.865 e. The van der Waals surface area contributed by atoms with Crippen molar-refractivity contribution < 1.29 is 24.4 Å². The molecule has 2 aromatic rings. The van der Waals surface area contributed by atoms with Crippen LogP contribution < -0.4 is 20.3 Å². The first-order chi connectivity index (χ1) is 13.2. The molecule has 1 N–H and O–H groups in total. The molecule has 0 bridgehead atoms. The van der Waals surface area contributed by atoms with E-state index < -0.39 is 28.2 Å². The smallest absolute Gasteiger partial charge is 0.282 e. The lowest BCUT2D eigenvalue weighted by atomic mass is 10.1. The number of amides is 2. The van der Waals surface area contributed by atoms with E-state index in [-0.39, 0.29) is 16.9 Å². The summed E-state index contributed by atoms with van der Waals surface area (Å²) in [7, 11) is 1.20. The minimum absolute atomic E-state index is 0.128. The summed E-state index contributed by atoms with van der Waals surface area (Å²) >= 11 is 0. The number of hydrogen-bond acceptors (Lipinski definition) is 6. The number of nitrogens with one attached hydrogen (secondary N) is 1. The van der Waals surface area contributed by atoms with E-state index in [0.29, 0.717) is 5.69 Å². The Morgan fingerprint density at radius 1 is 1.14 bits per heavy atom. The van der Waals surface area contributed by atoms with Gasteiger partial charge in [0.2, 0.25) is 0 Å². The maximum Gasteiger partial charge on any atom is 0.282 e. The number of rotatable bonds is 4. The first-order valence-corrected chi connectivity index (χ1v) is 8.20. The number of aryl methyl sites for hydroxylation is 2. The molecule has 9 heteroatoms. The third kappa shape index (κ3) is 3.25. The molecule has 2 aromatic carbocycles. The summed E-state index contributed by atoms with van der Waals surface area (Å²) in [5, 5.41) is 24.1. The predicted molar refractivity (Wildman–Crippen MR) is 98.6 cm³/mol. The number of ether oxygens (including phenoxy) is 1. The van der Waals surface area contributed by atoms with E-state index in [0.717, 1.165) is 22.2 Å². The van der Waals surface area contributed by atoms with Gasteiger partial charge in [-0.3, -0.25) is 25.1 Å². The molecular weight excluding hydrogens is 366 g/mol. The summed E-state index contributed by atoms with van der Waals surface area (Å²) < 4.78 is 4.87. The summed E-state index contributed by atoms with van der Waals surface area (Å²) in [6.07, 6.45) is 1.19. The third-order valence-electron chi connectivity index (χ3n) is 4.43. The Bertz CT molecular complexity index is 1040. The van der Waals surface area contributed by atoms with Gasteiger partial charge in [-0.15, -0.1) is 0 Å². The number of carbonyl (C=O) groups excluding carboxylic acids is 2. The second kappa shape index (κ2) is 7.03. The topological polar surface area (TPSA) is 125 Å². The standard InChI is InChI=1S/C19H17N3O6/c1-10-4-5-13(6-11(10)2)21-19(25)14(18(24)20-21)7-12-8-15(22(26)27)17(23)16(9-12)28-3/h4-9,23H,1-3H3,(H,20,24)/p-1/b14-7-. The molecule has 9 nitrogen and oxygen atoms in total. The molecule has 28 heavy (non-hydrogen) atoms. The van der Waals surface area contributed by atoms with E-state index in [1.165, 1.54) is 19.3 Å². The lowest BCUT2D eigenvalue weighted by Crippen LogP contribution is -2.35. The van der Waals surface area contributed by atoms with Gasteiger partial charge in [0, 0.05) is 11.8 Å². The highest BCUT2D eigenvalue weighted by molar-refractivity contribution is 6.31. The zero-order valence-corrected chi connectivity index (χ0v) is 15.3. The van der Waals surface area contributed by atoms with Gasteiger partial charge >= 0.3 is 0 Å². The van der Waals surface area contributed by atoms with Crippen molar-refractivity contribution in [1.29, 1.82) is 0 Å². The number of hydrazine groups is 1. The van der Waals surface area contributed by atoms with E-state index in [9.17, 15) is 24.8 Å². The van der Waals surface area contributed by atoms with Gasteiger partial charge in [-0.25, -0.2) is 5.01 Å². The molecule has 0 spiro atoms. The molecule has 0 atom stereocenters. The molecule has 0 aliphatic carbocycles. The third-order valence-corrected chi connectivity index (χ3v) is 4.43. The molecule has 1 fully saturated rings. The first kappa shape index (κ1) is 18.9. The number of benzene rings is 2. The molecule has 2 amide bonds. The van der Waals surface area contributed by atoms with Gasteiger partial charge in [-0.2, -0.15) is 0 Å². The fraction of sp³-hybridized carbons (Fsp3) is 0.158. The Morgan fingerprint density at radius 2 is 1.86 bits per heavy atom. The highest BCUT2D eigenvalue weighted by Crippen LogP contribution is 2.35. The Hall–Kier alpha value is -3.88. The minimum atomic E-state index is -0.881. The summed E-state index contributed by atoms with van der Waals surface area (Å²) in [5.41, 5.74) is 4.15. The van der Waals surface area contributed by atoms with Crippen LogP contribution in [0.15, 0.2) is 35.9 Å². The molecule has 0 unspecified atom stereocenters. The number of carbonyl (C=O) groups is 2. The van der Waals surface area contributed by atoms with Crippen LogP contribution in [0.3, 0.4) is 0 Å². The SMILES string of the molecule is COc1cc(/C=C2/C(=O)NN(c3ccc(C)c(C)c3)C2=O)cc([N+](=O)[O-])c1[O-]. The summed E-state index contributed by atoms with van der Waals surface area (Å²) in [4.78, 5) is 35.2. The normalized spacial score (nSPS) is 15.1. The Balaban J connectivity index is 2.02. The van der Waals surface area contributed by atoms with E-state index in [1.807, 2.05) is 19.9 Å². The van der Waals surface area contributed by atoms with E-state index in [1.54, 1.807) is 12.1 Å². The largest absolute Gasteiger partial charge is 0.865 e. The average Bonchev–Trinajstić information content (AvgIpc) is 2.93. The van der Waals surface area contributed by atoms with Gasteiger partial charge in [0.25, 0.3) is 17.5 Å². The van der Waals surface area contributed by atoms with Crippen molar-refractivity contribution in [1.82, 2.24) is 5.43 Å². The molecule has 0 radical (unpaired) electrons. The van der Waals surface area contributed by atoms with E-state index in [4.69, 9.17) is 4.74 Å². The van der Waals surface area contributed by atoms with Gasteiger partial charge in [-0.05, 0) is 54.8 Å². The van der Waals surface area contributed by atoms with Gasteiger partial charge in [0.05, 0.1) is 17.7 Å². The van der Waals surface area contributed by atoms with Gasteiger partial charge in [0.15, 0.2) is 0 Å². The van der Waals surface area contributed by atoms with E-state index >= 15 is 0 Å². The monoisotopic (exact) mass is 382 g/mol. The highest BCUT2D eigenvalue weighted by atomic mass is 16.6. The van der Waals surface area contributed by atoms with Gasteiger partial charge in [-0.1, -0.05) is 6.07 Å². The predicted octanol–water partition coefficient (Wildman–Crippen LogP) is 1.76. The van der Waals surface area contributed by atoms with Crippen molar-refractivity contribution in [2.24, 2.45) is 0 Å². The molecule has 1 heterocycles. The number of nitrogens with zero attached hydrogens (tertiary/aromatic N) is 2. The lowest BCUT2D eigenvalue weighted by Gasteiger charge is -2.16. The molecule has 0 aromatic heterocycles. The zero-order valence-electron chi connectivity index (χ0n) is 15.3. The average molecular weight is 382 g/mol. The van der Waals surface area contributed by atoms with Crippen LogP contribution in [-0.2, 0) is 9.59 Å². The molecular formula is C19H16N3O6-. The lowest BCUT2D eigenvalue weighted by molar-refractivity contribution is -0.398. The number of hydrogen-bond donors (Lipinski definition) is 1. The molecule has 1 saturated heterocycles. The number of methoxy groups -OCH3 is 1. The van der Waals surface area contributed by atoms with Crippen molar-refractivity contribution in [3.63, 3.8) is 0 Å². The van der Waals surface area contributed by atoms with Gasteiger partial charge in [0.1, 0.15) is 11.3 Å². The Kier molecular flexibility index (Phi) is 4.74. The Labute approximate surface area is 160 Å². The van der Waals surface area contributed by atoms with Crippen LogP contribution in [-0.4, -0.2) is 23.8 Å². The maximum absolute atomic E-state index is 12.7. The summed E-state index contributed by atoms with van der Waals surface area (Å²) in [6.45, 7) is 3.81. The van der Waals surface area contributed by atoms with Crippen molar-refractivity contribution in [2.45, 2.75) is 13.8 Å². The number of anilines is 1. The fourth-order valence-corrected chi connectivity index (χ4v) is 2.75. The van der Waals surface area contributed by atoms with Crippen molar-refractivity contribution in [3.8, 4) is 11.5 Å². The second-order valence-corrected chi connectivity index (χ2v) is 6.24. The quantitative estimate of drug-likeness (QED) is 0.372. The van der Waals surface area contributed by atoms with Crippen LogP contribution in [0.5, 0.6) is 11.5 Å². The fourth-order valence-electron chi connectivity index (χ4n) is 2.75. The van der Waals surface area contributed by atoms with Crippen molar-refractivity contribution in [2.75, 3.05) is 12.1 Å². The van der Waals surface area contributed by atoms with Gasteiger partial charge < -0.3 is 9.84 Å². The molecule has 0 saturated carbocycles. The van der Waals surface area contributed by atoms with Crippen molar-refractivity contribution >= 4 is 29.3 Å². The molecule has 1 aliphatic heterocycles. The Morgan fingerprint density at radius 3 is 2.46 bits per heavy atom. The van der Waals surface area contributed by atoms with Crippen LogP contribution in [0, 0.1) is 24.0 Å². The van der Waals surface area contributed by atoms with Crippen molar-refractivity contribution in [3.05, 3.63) is 62.7 Å². The summed E-state index contributed by atoms with van der Waals surface area (Å²) in [5.74, 6) is -2.40. The number of nitro groups is 1. The van der Waals surface area contributed by atoms with E-state index in [2.05, 4.69) is 5.43 Å². The number of nitro benzene ring substituents is 1. The van der Waals surface area contributed by atoms with Crippen LogP contribution in [0.1, 0.15) is 16.7 Å². The second-order valence-electron chi connectivity index (χ2n) is 6.24. The molecule has 1 aliphatic rings. The zero-order chi connectivity index (χ0) is 20.6. The van der Waals surface area contributed by atoms with Crippen LogP contribution >= 0.6 is 0 Å². The van der Waals surface area contributed by atoms with Crippen LogP contribution in [0.25, 0.3) is 6.08 Å². The first-order valence-electron chi connectivity index (χ1n) is 8.20. The highest BCUT2D eigenvalue weighted by Gasteiger charge is 2.34. The molecule has 3 rings (SSSR count).